The van der Waals surface area contributed by atoms with Crippen molar-refractivity contribution in [3.63, 3.8) is 0 Å². The largest absolute Gasteiger partial charge is 0.461 e. The smallest absolute Gasteiger partial charge is 0.244 e. The number of hydrogen-bond acceptors (Lipinski definition) is 5. The quantitative estimate of drug-likeness (QED) is 0.734. The van der Waals surface area contributed by atoms with E-state index in [-0.39, 0.29) is 5.91 Å². The van der Waals surface area contributed by atoms with E-state index in [2.05, 4.69) is 10.5 Å². The number of aromatic nitrogens is 1. The van der Waals surface area contributed by atoms with Crippen LogP contribution < -0.4 is 5.32 Å². The van der Waals surface area contributed by atoms with Crippen molar-refractivity contribution in [1.29, 1.82) is 0 Å². The molecule has 0 bridgehead atoms. The lowest BCUT2D eigenvalue weighted by molar-refractivity contribution is -0.116. The average Bonchev–Trinajstić information content (AvgIpc) is 3.24. The average molecular weight is 300 g/mol. The molecule has 0 aromatic carbocycles. The van der Waals surface area contributed by atoms with E-state index in [1.54, 1.807) is 41.9 Å². The molecule has 3 aromatic heterocycles. The van der Waals surface area contributed by atoms with Gasteiger partial charge in [-0.3, -0.25) is 4.79 Å². The maximum absolute atomic E-state index is 11.7. The predicted molar refractivity (Wildman–Crippen MR) is 79.4 cm³/mol. The molecule has 0 radical (unpaired) electrons. The van der Waals surface area contributed by atoms with Crippen molar-refractivity contribution in [2.75, 3.05) is 0 Å². The number of hydrogen-bond donors (Lipinski definition) is 1. The number of furan rings is 1. The highest BCUT2D eigenvalue weighted by atomic mass is 32.1. The van der Waals surface area contributed by atoms with Crippen molar-refractivity contribution in [3.8, 4) is 11.5 Å². The molecule has 3 aromatic rings. The SMILES string of the molecule is O=C(/C=C/c1cccs1)NCc1cc(-c2ccco2)on1. The summed E-state index contributed by atoms with van der Waals surface area (Å²) in [6.45, 7) is 0.303. The molecule has 106 valence electrons. The monoisotopic (exact) mass is 300 g/mol. The molecule has 21 heavy (non-hydrogen) atoms. The molecule has 0 atom stereocenters. The molecule has 0 aliphatic rings. The highest BCUT2D eigenvalue weighted by Gasteiger charge is 2.09. The van der Waals surface area contributed by atoms with Crippen LogP contribution in [0, 0.1) is 0 Å². The molecule has 0 saturated carbocycles. The number of carbonyl (C=O) groups excluding carboxylic acids is 1. The van der Waals surface area contributed by atoms with Gasteiger partial charge in [-0.05, 0) is 29.7 Å². The van der Waals surface area contributed by atoms with Gasteiger partial charge in [0.25, 0.3) is 0 Å². The summed E-state index contributed by atoms with van der Waals surface area (Å²) >= 11 is 1.58. The number of amides is 1. The normalized spacial score (nSPS) is 11.0. The molecule has 0 saturated heterocycles. The second kappa shape index (κ2) is 6.23. The Balaban J connectivity index is 1.54. The molecule has 3 rings (SSSR count). The van der Waals surface area contributed by atoms with E-state index in [0.717, 1.165) is 4.88 Å². The zero-order valence-corrected chi connectivity index (χ0v) is 11.8. The van der Waals surface area contributed by atoms with Crippen molar-refractivity contribution in [3.05, 3.63) is 58.6 Å². The summed E-state index contributed by atoms with van der Waals surface area (Å²) in [5.74, 6) is 0.974. The van der Waals surface area contributed by atoms with Gasteiger partial charge in [-0.15, -0.1) is 11.3 Å². The van der Waals surface area contributed by atoms with Gasteiger partial charge in [0.05, 0.1) is 12.8 Å². The van der Waals surface area contributed by atoms with Crippen LogP contribution in [0.1, 0.15) is 10.6 Å². The Hall–Kier alpha value is -2.60. The van der Waals surface area contributed by atoms with Gasteiger partial charge in [0.15, 0.2) is 5.76 Å². The van der Waals surface area contributed by atoms with Gasteiger partial charge in [-0.2, -0.15) is 0 Å². The molecule has 5 nitrogen and oxygen atoms in total. The van der Waals surface area contributed by atoms with Crippen LogP contribution in [0.15, 0.2) is 57.0 Å². The van der Waals surface area contributed by atoms with Crippen LogP contribution in [0.5, 0.6) is 0 Å². The molecule has 3 heterocycles. The number of rotatable bonds is 5. The molecule has 0 unspecified atom stereocenters. The number of nitrogens with zero attached hydrogens (tertiary/aromatic N) is 1. The van der Waals surface area contributed by atoms with E-state index in [4.69, 9.17) is 8.94 Å². The van der Waals surface area contributed by atoms with Gasteiger partial charge in [-0.25, -0.2) is 0 Å². The fourth-order valence-corrected chi connectivity index (χ4v) is 2.33. The third kappa shape index (κ3) is 3.49. The molecule has 0 fully saturated rings. The van der Waals surface area contributed by atoms with Crippen molar-refractivity contribution < 1.29 is 13.7 Å². The Kier molecular flexibility index (Phi) is 3.97. The summed E-state index contributed by atoms with van der Waals surface area (Å²) in [5, 5.41) is 8.59. The topological polar surface area (TPSA) is 68.3 Å². The fourth-order valence-electron chi connectivity index (χ4n) is 1.71. The maximum atomic E-state index is 11.7. The zero-order valence-electron chi connectivity index (χ0n) is 11.0. The summed E-state index contributed by atoms with van der Waals surface area (Å²) in [7, 11) is 0. The first-order chi connectivity index (χ1) is 10.3. The van der Waals surface area contributed by atoms with Crippen molar-refractivity contribution in [2.24, 2.45) is 0 Å². The summed E-state index contributed by atoms with van der Waals surface area (Å²) in [4.78, 5) is 12.7. The summed E-state index contributed by atoms with van der Waals surface area (Å²) in [6.07, 6.45) is 4.84. The second-order valence-corrected chi connectivity index (χ2v) is 5.21. The molecule has 0 spiro atoms. The highest BCUT2D eigenvalue weighted by molar-refractivity contribution is 7.10. The fraction of sp³-hybridized carbons (Fsp3) is 0.0667. The molecular formula is C15H12N2O3S. The first-order valence-electron chi connectivity index (χ1n) is 6.30. The molecular weight excluding hydrogens is 288 g/mol. The molecule has 0 aliphatic carbocycles. The third-order valence-electron chi connectivity index (χ3n) is 2.71. The van der Waals surface area contributed by atoms with Gasteiger partial charge in [0.2, 0.25) is 11.7 Å². The Bertz CT molecular complexity index is 727. The lowest BCUT2D eigenvalue weighted by atomic mass is 10.3. The lowest BCUT2D eigenvalue weighted by Gasteiger charge is -1.96. The van der Waals surface area contributed by atoms with Crippen LogP contribution in [-0.2, 0) is 11.3 Å². The van der Waals surface area contributed by atoms with Crippen molar-refractivity contribution in [2.45, 2.75) is 6.54 Å². The minimum atomic E-state index is -0.175. The maximum Gasteiger partial charge on any atom is 0.244 e. The van der Waals surface area contributed by atoms with Crippen LogP contribution in [-0.4, -0.2) is 11.1 Å². The van der Waals surface area contributed by atoms with E-state index in [1.807, 2.05) is 17.5 Å². The lowest BCUT2D eigenvalue weighted by Crippen LogP contribution is -2.20. The number of nitrogens with one attached hydrogen (secondary N) is 1. The molecule has 1 amide bonds. The Labute approximate surface area is 124 Å². The molecule has 0 aliphatic heterocycles. The number of carbonyl (C=O) groups is 1. The third-order valence-corrected chi connectivity index (χ3v) is 3.55. The number of thiophene rings is 1. The summed E-state index contributed by atoms with van der Waals surface area (Å²) in [6, 6.07) is 9.18. The van der Waals surface area contributed by atoms with Gasteiger partial charge >= 0.3 is 0 Å². The first-order valence-corrected chi connectivity index (χ1v) is 7.18. The van der Waals surface area contributed by atoms with Gasteiger partial charge in [0, 0.05) is 17.0 Å². The Morgan fingerprint density at radius 3 is 3.05 bits per heavy atom. The van der Waals surface area contributed by atoms with Crippen molar-refractivity contribution in [1.82, 2.24) is 10.5 Å². The minimum absolute atomic E-state index is 0.175. The Morgan fingerprint density at radius 2 is 2.29 bits per heavy atom. The summed E-state index contributed by atoms with van der Waals surface area (Å²) < 4.78 is 10.4. The van der Waals surface area contributed by atoms with E-state index in [9.17, 15) is 4.79 Å². The standard InChI is InChI=1S/C15H12N2O3S/c18-15(6-5-12-3-2-8-21-12)16-10-11-9-14(20-17-11)13-4-1-7-19-13/h1-9H,10H2,(H,16,18)/b6-5+. The van der Waals surface area contributed by atoms with Crippen LogP contribution in [0.3, 0.4) is 0 Å². The Morgan fingerprint density at radius 1 is 1.33 bits per heavy atom. The minimum Gasteiger partial charge on any atom is -0.461 e. The van der Waals surface area contributed by atoms with Crippen LogP contribution in [0.4, 0.5) is 0 Å². The highest BCUT2D eigenvalue weighted by Crippen LogP contribution is 2.20. The van der Waals surface area contributed by atoms with Gasteiger partial charge < -0.3 is 14.3 Å². The first kappa shape index (κ1) is 13.4. The van der Waals surface area contributed by atoms with Crippen LogP contribution in [0.2, 0.25) is 0 Å². The van der Waals surface area contributed by atoms with Crippen LogP contribution in [0.25, 0.3) is 17.6 Å². The van der Waals surface area contributed by atoms with E-state index in [1.165, 1.54) is 6.08 Å². The zero-order chi connectivity index (χ0) is 14.5. The van der Waals surface area contributed by atoms with Gasteiger partial charge in [0.1, 0.15) is 5.69 Å². The van der Waals surface area contributed by atoms with E-state index < -0.39 is 0 Å². The van der Waals surface area contributed by atoms with Gasteiger partial charge in [-0.1, -0.05) is 11.2 Å². The van der Waals surface area contributed by atoms with E-state index in [0.29, 0.717) is 23.8 Å². The van der Waals surface area contributed by atoms with Crippen molar-refractivity contribution >= 4 is 23.3 Å². The summed E-state index contributed by atoms with van der Waals surface area (Å²) in [5.41, 5.74) is 0.638. The molecule has 1 N–H and O–H groups in total. The molecule has 6 heteroatoms. The predicted octanol–water partition coefficient (Wildman–Crippen LogP) is 3.33. The van der Waals surface area contributed by atoms with Crippen LogP contribution >= 0.6 is 11.3 Å². The van der Waals surface area contributed by atoms with E-state index >= 15 is 0 Å². The second-order valence-electron chi connectivity index (χ2n) is 4.23.